The van der Waals surface area contributed by atoms with Gasteiger partial charge in [-0.25, -0.2) is 4.79 Å². The molecule has 0 spiro atoms. The Hall–Kier alpha value is -1.92. The van der Waals surface area contributed by atoms with Gasteiger partial charge >= 0.3 is 5.97 Å². The smallest absolute Gasteiger partial charge is 0.327 e. The maximum absolute atomic E-state index is 12.8. The Morgan fingerprint density at radius 3 is 2.73 bits per heavy atom. The largest absolute Gasteiger partial charge is 0.480 e. The van der Waals surface area contributed by atoms with E-state index in [-0.39, 0.29) is 0 Å². The van der Waals surface area contributed by atoms with E-state index in [4.69, 9.17) is 16.0 Å². The summed E-state index contributed by atoms with van der Waals surface area (Å²) >= 11 is 7.47. The van der Waals surface area contributed by atoms with Gasteiger partial charge in [-0.1, -0.05) is 23.7 Å². The summed E-state index contributed by atoms with van der Waals surface area (Å²) in [5, 5.41) is 9.31. The number of halogens is 1. The average molecular weight is 338 g/mol. The van der Waals surface area contributed by atoms with Crippen LogP contribution in [0.3, 0.4) is 0 Å². The van der Waals surface area contributed by atoms with Gasteiger partial charge in [0.05, 0.1) is 23.1 Å². The number of hydrogen-bond acceptors (Lipinski definition) is 4. The second kappa shape index (κ2) is 6.06. The van der Waals surface area contributed by atoms with Gasteiger partial charge in [-0.15, -0.1) is 11.8 Å². The van der Waals surface area contributed by atoms with Crippen molar-refractivity contribution in [2.24, 2.45) is 0 Å². The Bertz CT molecular complexity index is 703. The monoisotopic (exact) mass is 337 g/mol. The molecule has 3 rings (SSSR count). The first-order valence-electron chi connectivity index (χ1n) is 6.53. The highest BCUT2D eigenvalue weighted by Crippen LogP contribution is 2.42. The highest BCUT2D eigenvalue weighted by Gasteiger charge is 2.43. The minimum Gasteiger partial charge on any atom is -0.480 e. The van der Waals surface area contributed by atoms with E-state index in [2.05, 4.69) is 0 Å². The van der Waals surface area contributed by atoms with Crippen molar-refractivity contribution in [2.45, 2.75) is 11.4 Å². The number of hydrogen-bond donors (Lipinski definition) is 1. The fourth-order valence-electron chi connectivity index (χ4n) is 2.39. The van der Waals surface area contributed by atoms with Crippen LogP contribution in [-0.4, -0.2) is 33.7 Å². The Morgan fingerprint density at radius 1 is 1.32 bits per heavy atom. The molecular weight excluding hydrogens is 326 g/mol. The molecule has 1 aromatic carbocycles. The van der Waals surface area contributed by atoms with Crippen molar-refractivity contribution in [3.63, 3.8) is 0 Å². The predicted molar refractivity (Wildman–Crippen MR) is 83.0 cm³/mol. The zero-order chi connectivity index (χ0) is 15.7. The van der Waals surface area contributed by atoms with Crippen LogP contribution in [0.25, 0.3) is 0 Å². The van der Waals surface area contributed by atoms with E-state index in [1.165, 1.54) is 29.2 Å². The van der Waals surface area contributed by atoms with Crippen molar-refractivity contribution >= 4 is 35.2 Å². The number of thioether (sulfide) groups is 1. The number of rotatable bonds is 3. The fourth-order valence-corrected chi connectivity index (χ4v) is 4.00. The van der Waals surface area contributed by atoms with Crippen LogP contribution in [0.4, 0.5) is 0 Å². The Kier molecular flexibility index (Phi) is 4.13. The van der Waals surface area contributed by atoms with Gasteiger partial charge in [0.25, 0.3) is 5.91 Å². The summed E-state index contributed by atoms with van der Waals surface area (Å²) in [6.45, 7) is 0. The molecule has 2 aromatic rings. The van der Waals surface area contributed by atoms with Crippen LogP contribution < -0.4 is 0 Å². The molecule has 114 valence electrons. The van der Waals surface area contributed by atoms with E-state index >= 15 is 0 Å². The lowest BCUT2D eigenvalue weighted by atomic mass is 10.1. The zero-order valence-electron chi connectivity index (χ0n) is 11.3. The van der Waals surface area contributed by atoms with Crippen molar-refractivity contribution in [3.05, 3.63) is 59.0 Å². The molecule has 0 saturated carbocycles. The molecule has 1 aliphatic rings. The van der Waals surface area contributed by atoms with E-state index in [0.717, 1.165) is 5.56 Å². The fraction of sp³-hybridized carbons (Fsp3) is 0.200. The van der Waals surface area contributed by atoms with E-state index < -0.39 is 23.3 Å². The molecule has 0 unspecified atom stereocenters. The van der Waals surface area contributed by atoms with E-state index in [0.29, 0.717) is 16.3 Å². The second-order valence-electron chi connectivity index (χ2n) is 4.79. The standard InChI is InChI=1S/C15H12ClNO4S/c16-11-4-2-1-3-10(11)13(18)17-12(15(19)20)8-22-14(17)9-5-6-21-7-9/h1-7,12,14H,8H2,(H,19,20)/t12-,14+/m1/s1. The third-order valence-electron chi connectivity index (χ3n) is 3.45. The highest BCUT2D eigenvalue weighted by atomic mass is 35.5. The highest BCUT2D eigenvalue weighted by molar-refractivity contribution is 7.99. The van der Waals surface area contributed by atoms with Crippen molar-refractivity contribution in [3.8, 4) is 0 Å². The number of carbonyl (C=O) groups excluding carboxylic acids is 1. The van der Waals surface area contributed by atoms with Gasteiger partial charge < -0.3 is 14.4 Å². The lowest BCUT2D eigenvalue weighted by Gasteiger charge is -2.27. The normalized spacial score (nSPS) is 21.0. The maximum Gasteiger partial charge on any atom is 0.327 e. The molecule has 2 heterocycles. The molecule has 1 fully saturated rings. The molecule has 7 heteroatoms. The molecule has 1 saturated heterocycles. The van der Waals surface area contributed by atoms with Crippen LogP contribution >= 0.6 is 23.4 Å². The number of carboxylic acids is 1. The van der Waals surface area contributed by atoms with Crippen LogP contribution in [0.5, 0.6) is 0 Å². The Labute approximate surface area is 135 Å². The molecule has 0 aliphatic carbocycles. The summed E-state index contributed by atoms with van der Waals surface area (Å²) in [6, 6.07) is 7.47. The molecule has 1 amide bonds. The summed E-state index contributed by atoms with van der Waals surface area (Å²) in [5.41, 5.74) is 1.06. The van der Waals surface area contributed by atoms with Gasteiger partial charge in [0.1, 0.15) is 11.4 Å². The topological polar surface area (TPSA) is 70.8 Å². The van der Waals surface area contributed by atoms with Gasteiger partial charge in [-0.05, 0) is 18.2 Å². The lowest BCUT2D eigenvalue weighted by molar-refractivity contribution is -0.141. The zero-order valence-corrected chi connectivity index (χ0v) is 12.9. The van der Waals surface area contributed by atoms with E-state index in [1.54, 1.807) is 30.3 Å². The van der Waals surface area contributed by atoms with Crippen LogP contribution in [0, 0.1) is 0 Å². The SMILES string of the molecule is O=C(O)[C@H]1CS[C@@H](c2ccoc2)N1C(=O)c1ccccc1Cl. The van der Waals surface area contributed by atoms with Crippen LogP contribution in [-0.2, 0) is 4.79 Å². The molecule has 1 N–H and O–H groups in total. The molecule has 0 radical (unpaired) electrons. The first-order valence-corrected chi connectivity index (χ1v) is 7.96. The summed E-state index contributed by atoms with van der Waals surface area (Å²) in [7, 11) is 0. The van der Waals surface area contributed by atoms with Gasteiger partial charge in [0.15, 0.2) is 0 Å². The Morgan fingerprint density at radius 2 is 2.09 bits per heavy atom. The number of amides is 1. The number of carbonyl (C=O) groups is 2. The van der Waals surface area contributed by atoms with Gasteiger partial charge in [-0.3, -0.25) is 4.79 Å². The van der Waals surface area contributed by atoms with Crippen molar-refractivity contribution in [1.29, 1.82) is 0 Å². The first kappa shape index (κ1) is 15.0. The summed E-state index contributed by atoms with van der Waals surface area (Å²) in [6.07, 6.45) is 3.02. The number of carboxylic acid groups (broad SMARTS) is 1. The molecular formula is C15H12ClNO4S. The number of furan rings is 1. The third kappa shape index (κ3) is 2.60. The molecule has 22 heavy (non-hydrogen) atoms. The molecule has 1 aromatic heterocycles. The number of aliphatic carboxylic acids is 1. The van der Waals surface area contributed by atoms with Crippen LogP contribution in [0.15, 0.2) is 47.3 Å². The van der Waals surface area contributed by atoms with Crippen molar-refractivity contribution in [2.75, 3.05) is 5.75 Å². The molecule has 5 nitrogen and oxygen atoms in total. The maximum atomic E-state index is 12.8. The quantitative estimate of drug-likeness (QED) is 0.930. The molecule has 1 aliphatic heterocycles. The van der Waals surface area contributed by atoms with Gasteiger partial charge in [0, 0.05) is 11.3 Å². The predicted octanol–water partition coefficient (Wildman–Crippen LogP) is 3.27. The second-order valence-corrected chi connectivity index (χ2v) is 6.31. The van der Waals surface area contributed by atoms with Crippen LogP contribution in [0.1, 0.15) is 21.3 Å². The van der Waals surface area contributed by atoms with Crippen molar-refractivity contribution < 1.29 is 19.1 Å². The van der Waals surface area contributed by atoms with Crippen LogP contribution in [0.2, 0.25) is 5.02 Å². The van der Waals surface area contributed by atoms with Gasteiger partial charge in [0.2, 0.25) is 0 Å². The lowest BCUT2D eigenvalue weighted by Crippen LogP contribution is -2.43. The van der Waals surface area contributed by atoms with E-state index in [9.17, 15) is 14.7 Å². The number of benzene rings is 1. The summed E-state index contributed by atoms with van der Waals surface area (Å²) in [5.74, 6) is -1.10. The average Bonchev–Trinajstić information content (AvgIpc) is 3.15. The number of nitrogens with zero attached hydrogens (tertiary/aromatic N) is 1. The Balaban J connectivity index is 2.00. The summed E-state index contributed by atoms with van der Waals surface area (Å²) < 4.78 is 5.06. The molecule has 2 atom stereocenters. The van der Waals surface area contributed by atoms with E-state index in [1.807, 2.05) is 0 Å². The minimum absolute atomic E-state index is 0.298. The van der Waals surface area contributed by atoms with Gasteiger partial charge in [-0.2, -0.15) is 0 Å². The van der Waals surface area contributed by atoms with Crippen molar-refractivity contribution in [1.82, 2.24) is 4.90 Å². The summed E-state index contributed by atoms with van der Waals surface area (Å²) in [4.78, 5) is 25.7. The molecule has 0 bridgehead atoms. The minimum atomic E-state index is -1.03. The third-order valence-corrected chi connectivity index (χ3v) is 5.11. The first-order chi connectivity index (χ1) is 10.6.